The molecule has 0 bridgehead atoms. The number of halogens is 1. The summed E-state index contributed by atoms with van der Waals surface area (Å²) in [6.45, 7) is 4.62. The maximum atomic E-state index is 9.43. The van der Waals surface area contributed by atoms with Gasteiger partial charge in [0.25, 0.3) is 0 Å². The van der Waals surface area contributed by atoms with Crippen LogP contribution in [-0.4, -0.2) is 11.7 Å². The van der Waals surface area contributed by atoms with Crippen LogP contribution in [0, 0.1) is 11.3 Å². The lowest BCUT2D eigenvalue weighted by Gasteiger charge is -2.36. The number of aliphatic hydroxyl groups is 1. The molecule has 1 nitrogen and oxygen atoms in total. The first kappa shape index (κ1) is 12.1. The molecule has 2 heteroatoms. The van der Waals surface area contributed by atoms with Gasteiger partial charge in [0.2, 0.25) is 0 Å². The van der Waals surface area contributed by atoms with Gasteiger partial charge in [-0.3, -0.25) is 0 Å². The molecule has 0 amide bonds. The van der Waals surface area contributed by atoms with Crippen LogP contribution in [0.2, 0.25) is 0 Å². The van der Waals surface area contributed by atoms with Crippen LogP contribution in [0.5, 0.6) is 0 Å². The number of rotatable bonds is 2. The van der Waals surface area contributed by atoms with E-state index in [4.69, 9.17) is 0 Å². The Morgan fingerprint density at radius 2 is 2.12 bits per heavy atom. The van der Waals surface area contributed by atoms with Gasteiger partial charge in [0.05, 0.1) is 0 Å². The van der Waals surface area contributed by atoms with E-state index < -0.39 is 0 Å². The van der Waals surface area contributed by atoms with Crippen molar-refractivity contribution in [2.75, 3.05) is 6.61 Å². The molecule has 0 aromatic heterocycles. The monoisotopic (exact) mass is 282 g/mol. The highest BCUT2D eigenvalue weighted by Crippen LogP contribution is 2.37. The van der Waals surface area contributed by atoms with Crippen molar-refractivity contribution in [2.45, 2.75) is 33.1 Å². The first-order chi connectivity index (χ1) is 7.53. The molecule has 0 fully saturated rings. The Morgan fingerprint density at radius 3 is 2.81 bits per heavy atom. The molecule has 1 atom stereocenters. The molecule has 88 valence electrons. The van der Waals surface area contributed by atoms with Crippen molar-refractivity contribution >= 4 is 15.9 Å². The Kier molecular flexibility index (Phi) is 3.41. The normalized spacial score (nSPS) is 20.6. The van der Waals surface area contributed by atoms with E-state index in [1.54, 1.807) is 0 Å². The Morgan fingerprint density at radius 1 is 1.38 bits per heavy atom. The van der Waals surface area contributed by atoms with Crippen LogP contribution in [0.4, 0.5) is 0 Å². The average Bonchev–Trinajstić information content (AvgIpc) is 2.28. The molecule has 0 spiro atoms. The number of benzene rings is 1. The molecule has 1 N–H and O–H groups in total. The molecule has 1 aliphatic carbocycles. The fourth-order valence-electron chi connectivity index (χ4n) is 2.52. The summed E-state index contributed by atoms with van der Waals surface area (Å²) >= 11 is 3.52. The maximum absolute atomic E-state index is 9.43. The second-order valence-electron chi connectivity index (χ2n) is 5.50. The molecule has 0 aliphatic heterocycles. The summed E-state index contributed by atoms with van der Waals surface area (Å²) in [4.78, 5) is 0. The van der Waals surface area contributed by atoms with Crippen molar-refractivity contribution in [1.82, 2.24) is 0 Å². The molecule has 0 radical (unpaired) electrons. The highest BCUT2D eigenvalue weighted by molar-refractivity contribution is 9.10. The van der Waals surface area contributed by atoms with Gasteiger partial charge in [-0.15, -0.1) is 0 Å². The third-order valence-electron chi connectivity index (χ3n) is 3.91. The topological polar surface area (TPSA) is 20.2 Å². The highest BCUT2D eigenvalue weighted by Gasteiger charge is 2.31. The maximum Gasteiger partial charge on any atom is 0.0484 e. The first-order valence-electron chi connectivity index (χ1n) is 5.91. The van der Waals surface area contributed by atoms with Crippen molar-refractivity contribution in [1.29, 1.82) is 0 Å². The molecular weight excluding hydrogens is 264 g/mol. The number of fused-ring (bicyclic) bond motifs is 1. The van der Waals surface area contributed by atoms with Gasteiger partial charge in [0.1, 0.15) is 0 Å². The van der Waals surface area contributed by atoms with E-state index in [0.29, 0.717) is 5.92 Å². The number of aliphatic hydroxyl groups excluding tert-OH is 1. The van der Waals surface area contributed by atoms with Gasteiger partial charge in [-0.1, -0.05) is 35.8 Å². The van der Waals surface area contributed by atoms with Gasteiger partial charge < -0.3 is 5.11 Å². The molecule has 1 aliphatic rings. The van der Waals surface area contributed by atoms with Crippen LogP contribution < -0.4 is 0 Å². The highest BCUT2D eigenvalue weighted by atomic mass is 79.9. The summed E-state index contributed by atoms with van der Waals surface area (Å²) in [5, 5.41) is 9.43. The number of hydrogen-bond acceptors (Lipinski definition) is 1. The van der Waals surface area contributed by atoms with Crippen molar-refractivity contribution in [2.24, 2.45) is 11.3 Å². The molecule has 0 heterocycles. The van der Waals surface area contributed by atoms with Gasteiger partial charge >= 0.3 is 0 Å². The number of hydrogen-bond donors (Lipinski definition) is 1. The van der Waals surface area contributed by atoms with Crippen LogP contribution >= 0.6 is 15.9 Å². The Balaban J connectivity index is 2.21. The quantitative estimate of drug-likeness (QED) is 0.879. The predicted molar refractivity (Wildman–Crippen MR) is 70.5 cm³/mol. The molecule has 2 rings (SSSR count). The van der Waals surface area contributed by atoms with Crippen LogP contribution in [0.1, 0.15) is 31.4 Å². The minimum atomic E-state index is 0.0464. The Bertz CT molecular complexity index is 384. The molecule has 1 aromatic carbocycles. The third-order valence-corrected chi connectivity index (χ3v) is 4.40. The fraction of sp³-hybridized carbons (Fsp3) is 0.571. The van der Waals surface area contributed by atoms with Gasteiger partial charge in [0, 0.05) is 11.1 Å². The minimum absolute atomic E-state index is 0.0464. The lowest BCUT2D eigenvalue weighted by molar-refractivity contribution is 0.0875. The van der Waals surface area contributed by atoms with Gasteiger partial charge in [0.15, 0.2) is 0 Å². The van der Waals surface area contributed by atoms with E-state index in [2.05, 4.69) is 48.0 Å². The summed E-state index contributed by atoms with van der Waals surface area (Å²) in [7, 11) is 0. The summed E-state index contributed by atoms with van der Waals surface area (Å²) in [5.41, 5.74) is 2.98. The molecule has 0 saturated heterocycles. The summed E-state index contributed by atoms with van der Waals surface area (Å²) < 4.78 is 1.17. The van der Waals surface area contributed by atoms with E-state index in [9.17, 15) is 5.11 Å². The lowest BCUT2D eigenvalue weighted by atomic mass is 9.70. The Labute approximate surface area is 106 Å². The minimum Gasteiger partial charge on any atom is -0.396 e. The number of aryl methyl sites for hydroxylation is 1. The zero-order chi connectivity index (χ0) is 11.8. The molecule has 16 heavy (non-hydrogen) atoms. The SMILES string of the molecule is CC(C)(CO)C1CCc2cc(Br)ccc2C1. The molecular formula is C14H19BrO. The van der Waals surface area contributed by atoms with Crippen LogP contribution in [0.15, 0.2) is 22.7 Å². The van der Waals surface area contributed by atoms with Crippen molar-refractivity contribution in [3.05, 3.63) is 33.8 Å². The van der Waals surface area contributed by atoms with E-state index >= 15 is 0 Å². The largest absolute Gasteiger partial charge is 0.396 e. The Hall–Kier alpha value is -0.340. The second kappa shape index (κ2) is 4.50. The van der Waals surface area contributed by atoms with Gasteiger partial charge in [-0.2, -0.15) is 0 Å². The average molecular weight is 283 g/mol. The van der Waals surface area contributed by atoms with Crippen molar-refractivity contribution in [3.63, 3.8) is 0 Å². The molecule has 0 saturated carbocycles. The third kappa shape index (κ3) is 2.33. The fourth-order valence-corrected chi connectivity index (χ4v) is 2.93. The lowest BCUT2D eigenvalue weighted by Crippen LogP contribution is -2.32. The first-order valence-corrected chi connectivity index (χ1v) is 6.70. The smallest absolute Gasteiger partial charge is 0.0484 e. The summed E-state index contributed by atoms with van der Waals surface area (Å²) in [6, 6.07) is 6.57. The van der Waals surface area contributed by atoms with E-state index in [1.807, 2.05) is 0 Å². The second-order valence-corrected chi connectivity index (χ2v) is 6.42. The van der Waals surface area contributed by atoms with E-state index in [-0.39, 0.29) is 12.0 Å². The van der Waals surface area contributed by atoms with Gasteiger partial charge in [-0.05, 0) is 53.9 Å². The zero-order valence-corrected chi connectivity index (χ0v) is 11.5. The molecule has 1 aromatic rings. The standard InChI is InChI=1S/C14H19BrO/c1-14(2,9-16)12-5-3-11-8-13(15)6-4-10(11)7-12/h4,6,8,12,16H,3,5,7,9H2,1-2H3. The van der Waals surface area contributed by atoms with Crippen LogP contribution in [-0.2, 0) is 12.8 Å². The van der Waals surface area contributed by atoms with Crippen molar-refractivity contribution < 1.29 is 5.11 Å². The summed E-state index contributed by atoms with van der Waals surface area (Å²) in [5.74, 6) is 0.603. The van der Waals surface area contributed by atoms with E-state index in [1.165, 1.54) is 22.0 Å². The van der Waals surface area contributed by atoms with E-state index in [0.717, 1.165) is 12.8 Å². The van der Waals surface area contributed by atoms with Gasteiger partial charge in [-0.25, -0.2) is 0 Å². The summed E-state index contributed by atoms with van der Waals surface area (Å²) in [6.07, 6.45) is 3.44. The van der Waals surface area contributed by atoms with Crippen LogP contribution in [0.3, 0.4) is 0 Å². The van der Waals surface area contributed by atoms with Crippen molar-refractivity contribution in [3.8, 4) is 0 Å². The zero-order valence-electron chi connectivity index (χ0n) is 9.96. The predicted octanol–water partition coefficient (Wildman–Crippen LogP) is 3.57. The van der Waals surface area contributed by atoms with Crippen LogP contribution in [0.25, 0.3) is 0 Å². The molecule has 1 unspecified atom stereocenters.